The molecule has 2 aromatic carbocycles. The Labute approximate surface area is 163 Å². The molecule has 0 bridgehead atoms. The third kappa shape index (κ3) is 4.01. The minimum Gasteiger partial charge on any atom is -0.494 e. The number of rotatable bonds is 7. The molecule has 1 N–H and O–H groups in total. The number of ether oxygens (including phenoxy) is 2. The number of hydrogen-bond acceptors (Lipinski definition) is 4. The Morgan fingerprint density at radius 2 is 1.59 bits per heavy atom. The molecule has 6 nitrogen and oxygen atoms in total. The van der Waals surface area contributed by atoms with Crippen LogP contribution in [-0.2, 0) is 10.3 Å². The van der Waals surface area contributed by atoms with E-state index in [2.05, 4.69) is 5.32 Å². The van der Waals surface area contributed by atoms with Gasteiger partial charge in [-0.25, -0.2) is 4.79 Å². The van der Waals surface area contributed by atoms with Crippen LogP contribution in [-0.4, -0.2) is 36.6 Å². The van der Waals surface area contributed by atoms with E-state index in [0.29, 0.717) is 22.9 Å². The first-order valence-electron chi connectivity index (χ1n) is 8.70. The van der Waals surface area contributed by atoms with Gasteiger partial charge in [-0.1, -0.05) is 23.7 Å². The van der Waals surface area contributed by atoms with Gasteiger partial charge in [-0.05, 0) is 55.8 Å². The SMILES string of the molecule is CCOc1ccc(OCCN2C(=O)N[C@](C)(c3ccc(Cl)cc3)C2=O)cc1. The molecule has 0 unspecified atom stereocenters. The number of carbonyl (C=O) groups excluding carboxylic acids is 2. The summed E-state index contributed by atoms with van der Waals surface area (Å²) >= 11 is 5.90. The lowest BCUT2D eigenvalue weighted by Gasteiger charge is -2.22. The van der Waals surface area contributed by atoms with E-state index >= 15 is 0 Å². The Kier molecular flexibility index (Phi) is 5.56. The first kappa shape index (κ1) is 19.0. The topological polar surface area (TPSA) is 67.9 Å². The van der Waals surface area contributed by atoms with Crippen LogP contribution in [0.3, 0.4) is 0 Å². The summed E-state index contributed by atoms with van der Waals surface area (Å²) in [4.78, 5) is 26.3. The van der Waals surface area contributed by atoms with Crippen molar-refractivity contribution in [3.05, 3.63) is 59.1 Å². The predicted octanol–water partition coefficient (Wildman–Crippen LogP) is 3.58. The molecule has 0 aliphatic carbocycles. The number of amides is 3. The van der Waals surface area contributed by atoms with Crippen LogP contribution >= 0.6 is 11.6 Å². The van der Waals surface area contributed by atoms with Crippen molar-refractivity contribution in [1.29, 1.82) is 0 Å². The van der Waals surface area contributed by atoms with Crippen molar-refractivity contribution in [3.63, 3.8) is 0 Å². The summed E-state index contributed by atoms with van der Waals surface area (Å²) in [7, 11) is 0. The fourth-order valence-electron chi connectivity index (χ4n) is 2.93. The number of halogens is 1. The molecule has 2 aromatic rings. The maximum Gasteiger partial charge on any atom is 0.325 e. The predicted molar refractivity (Wildman–Crippen MR) is 102 cm³/mol. The van der Waals surface area contributed by atoms with E-state index in [0.717, 1.165) is 5.75 Å². The second-order valence-electron chi connectivity index (χ2n) is 6.27. The quantitative estimate of drug-likeness (QED) is 0.736. The number of carbonyl (C=O) groups is 2. The van der Waals surface area contributed by atoms with Crippen molar-refractivity contribution in [2.45, 2.75) is 19.4 Å². The molecule has 7 heteroatoms. The summed E-state index contributed by atoms with van der Waals surface area (Å²) in [5, 5.41) is 3.33. The van der Waals surface area contributed by atoms with Crippen LogP contribution in [0.5, 0.6) is 11.5 Å². The Morgan fingerprint density at radius 1 is 1.00 bits per heavy atom. The average Bonchev–Trinajstić information content (AvgIpc) is 2.88. The summed E-state index contributed by atoms with van der Waals surface area (Å²) in [6.07, 6.45) is 0. The largest absolute Gasteiger partial charge is 0.494 e. The fourth-order valence-corrected chi connectivity index (χ4v) is 3.06. The maximum absolute atomic E-state index is 12.8. The number of benzene rings is 2. The normalized spacial score (nSPS) is 19.1. The molecule has 1 heterocycles. The Balaban J connectivity index is 1.61. The highest BCUT2D eigenvalue weighted by Gasteiger charge is 2.48. The van der Waals surface area contributed by atoms with Crippen molar-refractivity contribution in [2.24, 2.45) is 0 Å². The molecule has 3 rings (SSSR count). The number of imide groups is 1. The molecule has 0 radical (unpaired) electrons. The van der Waals surface area contributed by atoms with E-state index < -0.39 is 11.6 Å². The Hall–Kier alpha value is -2.73. The first-order valence-corrected chi connectivity index (χ1v) is 9.07. The van der Waals surface area contributed by atoms with Crippen molar-refractivity contribution in [2.75, 3.05) is 19.8 Å². The van der Waals surface area contributed by atoms with Gasteiger partial charge in [0.1, 0.15) is 23.6 Å². The molecule has 1 saturated heterocycles. The highest BCUT2D eigenvalue weighted by atomic mass is 35.5. The Bertz CT molecular complexity index is 823. The molecular weight excluding hydrogens is 368 g/mol. The minimum atomic E-state index is -1.11. The molecular formula is C20H21ClN2O4. The lowest BCUT2D eigenvalue weighted by molar-refractivity contribution is -0.131. The van der Waals surface area contributed by atoms with E-state index in [9.17, 15) is 9.59 Å². The van der Waals surface area contributed by atoms with Crippen LogP contribution in [0.1, 0.15) is 19.4 Å². The molecule has 1 fully saturated rings. The number of hydrogen-bond donors (Lipinski definition) is 1. The van der Waals surface area contributed by atoms with Gasteiger partial charge >= 0.3 is 6.03 Å². The maximum atomic E-state index is 12.8. The van der Waals surface area contributed by atoms with Crippen LogP contribution in [0.2, 0.25) is 5.02 Å². The van der Waals surface area contributed by atoms with Crippen molar-refractivity contribution in [3.8, 4) is 11.5 Å². The van der Waals surface area contributed by atoms with E-state index in [4.69, 9.17) is 21.1 Å². The second kappa shape index (κ2) is 7.88. The van der Waals surface area contributed by atoms with E-state index in [1.165, 1.54) is 4.90 Å². The number of urea groups is 1. The smallest absolute Gasteiger partial charge is 0.325 e. The van der Waals surface area contributed by atoms with E-state index in [1.54, 1.807) is 43.3 Å². The lowest BCUT2D eigenvalue weighted by Crippen LogP contribution is -2.41. The van der Waals surface area contributed by atoms with Crippen LogP contribution in [0, 0.1) is 0 Å². The number of nitrogens with zero attached hydrogens (tertiary/aromatic N) is 1. The van der Waals surface area contributed by atoms with E-state index in [-0.39, 0.29) is 19.1 Å². The molecule has 142 valence electrons. The summed E-state index contributed by atoms with van der Waals surface area (Å²) < 4.78 is 11.0. The molecule has 27 heavy (non-hydrogen) atoms. The van der Waals surface area contributed by atoms with Gasteiger partial charge in [-0.2, -0.15) is 0 Å². The highest BCUT2D eigenvalue weighted by Crippen LogP contribution is 2.29. The fraction of sp³-hybridized carbons (Fsp3) is 0.300. The summed E-state index contributed by atoms with van der Waals surface area (Å²) in [6.45, 7) is 4.55. The number of nitrogens with one attached hydrogen (secondary N) is 1. The highest BCUT2D eigenvalue weighted by molar-refractivity contribution is 6.30. The van der Waals surface area contributed by atoms with Crippen LogP contribution in [0.4, 0.5) is 4.79 Å². The third-order valence-electron chi connectivity index (χ3n) is 4.41. The van der Waals surface area contributed by atoms with Gasteiger partial charge in [0.25, 0.3) is 5.91 Å². The zero-order chi connectivity index (χ0) is 19.4. The van der Waals surface area contributed by atoms with Crippen molar-refractivity contribution >= 4 is 23.5 Å². The monoisotopic (exact) mass is 388 g/mol. The first-order chi connectivity index (χ1) is 12.9. The molecule has 0 saturated carbocycles. The van der Waals surface area contributed by atoms with Crippen LogP contribution < -0.4 is 14.8 Å². The average molecular weight is 389 g/mol. The molecule has 1 atom stereocenters. The molecule has 1 aliphatic heterocycles. The van der Waals surface area contributed by atoms with Gasteiger partial charge in [0, 0.05) is 5.02 Å². The third-order valence-corrected chi connectivity index (χ3v) is 4.67. The molecule has 0 aromatic heterocycles. The second-order valence-corrected chi connectivity index (χ2v) is 6.71. The van der Waals surface area contributed by atoms with Gasteiger partial charge in [0.05, 0.1) is 13.2 Å². The van der Waals surface area contributed by atoms with Gasteiger partial charge in [-0.3, -0.25) is 9.69 Å². The summed E-state index contributed by atoms with van der Waals surface area (Å²) in [6, 6.07) is 13.6. The standard InChI is InChI=1S/C20H21ClN2O4/c1-3-26-16-8-10-17(11-9-16)27-13-12-23-18(24)20(2,22-19(23)25)14-4-6-15(21)7-5-14/h4-11H,3,12-13H2,1-2H3,(H,22,25)/t20-/m1/s1. The van der Waals surface area contributed by atoms with Gasteiger partial charge in [0.15, 0.2) is 0 Å². The van der Waals surface area contributed by atoms with Gasteiger partial charge in [-0.15, -0.1) is 0 Å². The minimum absolute atomic E-state index is 0.154. The zero-order valence-electron chi connectivity index (χ0n) is 15.2. The van der Waals surface area contributed by atoms with Crippen molar-refractivity contribution in [1.82, 2.24) is 10.2 Å². The molecule has 0 spiro atoms. The summed E-state index contributed by atoms with van der Waals surface area (Å²) in [5.41, 5.74) is -0.430. The zero-order valence-corrected chi connectivity index (χ0v) is 16.0. The molecule has 1 aliphatic rings. The van der Waals surface area contributed by atoms with Crippen molar-refractivity contribution < 1.29 is 19.1 Å². The summed E-state index contributed by atoms with van der Waals surface area (Å²) in [5.74, 6) is 1.09. The molecule has 3 amide bonds. The van der Waals surface area contributed by atoms with Crippen LogP contribution in [0.15, 0.2) is 48.5 Å². The van der Waals surface area contributed by atoms with E-state index in [1.807, 2.05) is 19.1 Å². The Morgan fingerprint density at radius 3 is 2.19 bits per heavy atom. The van der Waals surface area contributed by atoms with Gasteiger partial charge in [0.2, 0.25) is 0 Å². The van der Waals surface area contributed by atoms with Crippen LogP contribution in [0.25, 0.3) is 0 Å². The lowest BCUT2D eigenvalue weighted by atomic mass is 9.92. The van der Waals surface area contributed by atoms with Gasteiger partial charge < -0.3 is 14.8 Å².